The predicted octanol–water partition coefficient (Wildman–Crippen LogP) is 3.10. The highest BCUT2D eigenvalue weighted by atomic mass is 19.1. The molecule has 4 heteroatoms. The zero-order valence-corrected chi connectivity index (χ0v) is 13.6. The summed E-state index contributed by atoms with van der Waals surface area (Å²) in [7, 11) is 0. The van der Waals surface area contributed by atoms with Crippen LogP contribution in [-0.4, -0.2) is 41.4 Å². The smallest absolute Gasteiger partial charge is 0.253 e. The van der Waals surface area contributed by atoms with Gasteiger partial charge < -0.3 is 4.90 Å². The van der Waals surface area contributed by atoms with Crippen LogP contribution in [0.15, 0.2) is 48.5 Å². The summed E-state index contributed by atoms with van der Waals surface area (Å²) in [4.78, 5) is 17.0. The Kier molecular flexibility index (Phi) is 4.07. The van der Waals surface area contributed by atoms with Gasteiger partial charge in [0.2, 0.25) is 0 Å². The van der Waals surface area contributed by atoms with Crippen molar-refractivity contribution in [1.82, 2.24) is 9.80 Å². The molecule has 1 fully saturated rings. The standard InChI is InChI=1S/C20H21FN2O/c21-18-7-5-16(6-8-18)20(24)23-12-10-19(14-23)22-11-9-15-3-1-2-4-17(15)13-22/h1-8,19H,9-14H2/t19-/m0/s1. The van der Waals surface area contributed by atoms with E-state index >= 15 is 0 Å². The van der Waals surface area contributed by atoms with E-state index in [0.29, 0.717) is 11.6 Å². The van der Waals surface area contributed by atoms with E-state index in [-0.39, 0.29) is 11.7 Å². The lowest BCUT2D eigenvalue weighted by molar-refractivity contribution is 0.0773. The van der Waals surface area contributed by atoms with Crippen molar-refractivity contribution >= 4 is 5.91 Å². The van der Waals surface area contributed by atoms with E-state index < -0.39 is 0 Å². The van der Waals surface area contributed by atoms with Gasteiger partial charge >= 0.3 is 0 Å². The number of fused-ring (bicyclic) bond motifs is 1. The number of hydrogen-bond acceptors (Lipinski definition) is 2. The molecule has 0 aliphatic carbocycles. The van der Waals surface area contributed by atoms with Gasteiger partial charge in [0.1, 0.15) is 5.82 Å². The second-order valence-corrected chi connectivity index (χ2v) is 6.69. The van der Waals surface area contributed by atoms with Gasteiger partial charge in [-0.2, -0.15) is 0 Å². The molecule has 1 atom stereocenters. The number of rotatable bonds is 2. The number of amides is 1. The molecule has 24 heavy (non-hydrogen) atoms. The van der Waals surface area contributed by atoms with Crippen LogP contribution < -0.4 is 0 Å². The van der Waals surface area contributed by atoms with Gasteiger partial charge in [-0.05, 0) is 48.2 Å². The zero-order chi connectivity index (χ0) is 16.5. The maximum absolute atomic E-state index is 13.0. The Morgan fingerprint density at radius 1 is 1.00 bits per heavy atom. The fourth-order valence-electron chi connectivity index (χ4n) is 3.83. The molecule has 3 nitrogen and oxygen atoms in total. The summed E-state index contributed by atoms with van der Waals surface area (Å²) >= 11 is 0. The van der Waals surface area contributed by atoms with Crippen molar-refractivity contribution < 1.29 is 9.18 Å². The summed E-state index contributed by atoms with van der Waals surface area (Å²) in [6.45, 7) is 3.57. The first-order chi connectivity index (χ1) is 11.7. The molecule has 2 heterocycles. The molecule has 2 aromatic carbocycles. The van der Waals surface area contributed by atoms with Gasteiger partial charge in [0, 0.05) is 37.8 Å². The van der Waals surface area contributed by atoms with Crippen LogP contribution in [-0.2, 0) is 13.0 Å². The Morgan fingerprint density at radius 3 is 2.54 bits per heavy atom. The molecule has 0 aromatic heterocycles. The van der Waals surface area contributed by atoms with E-state index in [2.05, 4.69) is 29.2 Å². The number of likely N-dealkylation sites (tertiary alicyclic amines) is 1. The SMILES string of the molecule is O=C(c1ccc(F)cc1)N1CC[C@H](N2CCc3ccccc3C2)C1. The van der Waals surface area contributed by atoms with E-state index in [4.69, 9.17) is 0 Å². The lowest BCUT2D eigenvalue weighted by atomic mass is 9.98. The average molecular weight is 324 g/mol. The van der Waals surface area contributed by atoms with Gasteiger partial charge in [0.05, 0.1) is 0 Å². The third-order valence-corrected chi connectivity index (χ3v) is 5.22. The first-order valence-electron chi connectivity index (χ1n) is 8.56. The molecule has 1 saturated heterocycles. The Labute approximate surface area is 141 Å². The van der Waals surface area contributed by atoms with Crippen LogP contribution in [0.3, 0.4) is 0 Å². The molecule has 0 bridgehead atoms. The van der Waals surface area contributed by atoms with Crippen molar-refractivity contribution in [1.29, 1.82) is 0 Å². The number of benzene rings is 2. The van der Waals surface area contributed by atoms with Crippen molar-refractivity contribution in [2.45, 2.75) is 25.4 Å². The van der Waals surface area contributed by atoms with Gasteiger partial charge in [-0.1, -0.05) is 24.3 Å². The monoisotopic (exact) mass is 324 g/mol. The summed E-state index contributed by atoms with van der Waals surface area (Å²) in [5.41, 5.74) is 3.43. The summed E-state index contributed by atoms with van der Waals surface area (Å²) in [6, 6.07) is 14.9. The molecule has 1 amide bonds. The summed E-state index contributed by atoms with van der Waals surface area (Å²) in [5.74, 6) is -0.298. The van der Waals surface area contributed by atoms with Crippen LogP contribution >= 0.6 is 0 Å². The highest BCUT2D eigenvalue weighted by molar-refractivity contribution is 5.94. The molecule has 4 rings (SSSR count). The van der Waals surface area contributed by atoms with Gasteiger partial charge in [0.25, 0.3) is 5.91 Å². The van der Waals surface area contributed by atoms with E-state index in [1.165, 1.54) is 23.3 Å². The van der Waals surface area contributed by atoms with Crippen molar-refractivity contribution in [3.05, 3.63) is 71.0 Å². The van der Waals surface area contributed by atoms with Crippen LogP contribution in [0.5, 0.6) is 0 Å². The molecule has 2 aliphatic rings. The molecule has 0 unspecified atom stereocenters. The fourth-order valence-corrected chi connectivity index (χ4v) is 3.83. The number of carbonyl (C=O) groups excluding carboxylic acids is 1. The Balaban J connectivity index is 1.42. The quantitative estimate of drug-likeness (QED) is 0.847. The second kappa shape index (κ2) is 6.36. The molecule has 0 radical (unpaired) electrons. The molecule has 0 spiro atoms. The highest BCUT2D eigenvalue weighted by Gasteiger charge is 2.32. The van der Waals surface area contributed by atoms with Crippen LogP contribution in [0.1, 0.15) is 27.9 Å². The Morgan fingerprint density at radius 2 is 1.75 bits per heavy atom. The van der Waals surface area contributed by atoms with Crippen LogP contribution in [0.4, 0.5) is 4.39 Å². The minimum atomic E-state index is -0.308. The molecule has 124 valence electrons. The Hall–Kier alpha value is -2.20. The molecular weight excluding hydrogens is 303 g/mol. The van der Waals surface area contributed by atoms with Crippen molar-refractivity contribution in [3.63, 3.8) is 0 Å². The van der Waals surface area contributed by atoms with Gasteiger partial charge in [-0.15, -0.1) is 0 Å². The van der Waals surface area contributed by atoms with Gasteiger partial charge in [-0.25, -0.2) is 4.39 Å². The van der Waals surface area contributed by atoms with E-state index in [0.717, 1.165) is 39.0 Å². The number of carbonyl (C=O) groups is 1. The molecule has 0 N–H and O–H groups in total. The van der Waals surface area contributed by atoms with Gasteiger partial charge in [0.15, 0.2) is 0 Å². The third kappa shape index (κ3) is 2.94. The van der Waals surface area contributed by atoms with E-state index in [1.807, 2.05) is 4.90 Å². The highest BCUT2D eigenvalue weighted by Crippen LogP contribution is 2.25. The van der Waals surface area contributed by atoms with Crippen LogP contribution in [0.2, 0.25) is 0 Å². The molecular formula is C20H21FN2O. The van der Waals surface area contributed by atoms with E-state index in [9.17, 15) is 9.18 Å². The van der Waals surface area contributed by atoms with Crippen LogP contribution in [0.25, 0.3) is 0 Å². The lowest BCUT2D eigenvalue weighted by Crippen LogP contribution is -2.41. The maximum atomic E-state index is 13.0. The first kappa shape index (κ1) is 15.3. The van der Waals surface area contributed by atoms with Crippen molar-refractivity contribution in [2.24, 2.45) is 0 Å². The normalized spacial score (nSPS) is 20.9. The fraction of sp³-hybridized carbons (Fsp3) is 0.350. The van der Waals surface area contributed by atoms with E-state index in [1.54, 1.807) is 12.1 Å². The summed E-state index contributed by atoms with van der Waals surface area (Å²) < 4.78 is 13.0. The van der Waals surface area contributed by atoms with Crippen molar-refractivity contribution in [3.8, 4) is 0 Å². The minimum Gasteiger partial charge on any atom is -0.337 e. The van der Waals surface area contributed by atoms with Gasteiger partial charge in [-0.3, -0.25) is 9.69 Å². The zero-order valence-electron chi connectivity index (χ0n) is 13.6. The van der Waals surface area contributed by atoms with Crippen LogP contribution in [0, 0.1) is 5.82 Å². The Bertz CT molecular complexity index is 744. The topological polar surface area (TPSA) is 23.6 Å². The molecule has 2 aromatic rings. The largest absolute Gasteiger partial charge is 0.337 e. The first-order valence-corrected chi connectivity index (χ1v) is 8.56. The predicted molar refractivity (Wildman–Crippen MR) is 91.3 cm³/mol. The molecule has 2 aliphatic heterocycles. The summed E-state index contributed by atoms with van der Waals surface area (Å²) in [6.07, 6.45) is 2.09. The minimum absolute atomic E-state index is 0.00918. The molecule has 0 saturated carbocycles. The second-order valence-electron chi connectivity index (χ2n) is 6.69. The lowest BCUT2D eigenvalue weighted by Gasteiger charge is -2.33. The van der Waals surface area contributed by atoms with Crippen molar-refractivity contribution in [2.75, 3.05) is 19.6 Å². The number of nitrogens with zero attached hydrogens (tertiary/aromatic N) is 2. The number of halogens is 1. The number of hydrogen-bond donors (Lipinski definition) is 0. The third-order valence-electron chi connectivity index (χ3n) is 5.22. The average Bonchev–Trinajstić information content (AvgIpc) is 3.11. The summed E-state index contributed by atoms with van der Waals surface area (Å²) in [5, 5.41) is 0. The maximum Gasteiger partial charge on any atom is 0.253 e.